The Morgan fingerprint density at radius 2 is 2.06 bits per heavy atom. The lowest BCUT2D eigenvalue weighted by atomic mass is 10.3. The summed E-state index contributed by atoms with van der Waals surface area (Å²) >= 11 is 11.8. The summed E-state index contributed by atoms with van der Waals surface area (Å²) in [6, 6.07) is 4.48. The van der Waals surface area contributed by atoms with Crippen LogP contribution >= 0.6 is 23.2 Å². The number of hydrogen-bond donors (Lipinski definition) is 1. The summed E-state index contributed by atoms with van der Waals surface area (Å²) in [7, 11) is 0. The molecule has 0 atom stereocenters. The highest BCUT2D eigenvalue weighted by molar-refractivity contribution is 6.37. The van der Waals surface area contributed by atoms with E-state index in [1.54, 1.807) is 18.2 Å². The van der Waals surface area contributed by atoms with Crippen LogP contribution < -0.4 is 10.1 Å². The van der Waals surface area contributed by atoms with Crippen molar-refractivity contribution in [3.63, 3.8) is 0 Å². The zero-order valence-corrected chi connectivity index (χ0v) is 10.8. The third-order valence-corrected chi connectivity index (χ3v) is 3.01. The Kier molecular flexibility index (Phi) is 3.93. The molecule has 1 aromatic carbocycles. The van der Waals surface area contributed by atoms with Crippen LogP contribution in [0.4, 0.5) is 4.79 Å². The first-order chi connectivity index (χ1) is 8.59. The standard InChI is InChI=1S/C11H10Cl2N2O3/c12-7-2-1-3-8(13)10(7)18-6-9(16)15-5-4-14-11(15)17/h1-3H,4-6H2,(H,14,17). The number of halogens is 2. The van der Waals surface area contributed by atoms with Gasteiger partial charge in [-0.25, -0.2) is 4.79 Å². The monoisotopic (exact) mass is 288 g/mol. The Hall–Kier alpha value is -1.46. The van der Waals surface area contributed by atoms with E-state index >= 15 is 0 Å². The maximum absolute atomic E-state index is 11.7. The van der Waals surface area contributed by atoms with Gasteiger partial charge < -0.3 is 10.1 Å². The molecule has 18 heavy (non-hydrogen) atoms. The summed E-state index contributed by atoms with van der Waals surface area (Å²) in [4.78, 5) is 24.0. The first-order valence-corrected chi connectivity index (χ1v) is 6.00. The minimum Gasteiger partial charge on any atom is -0.481 e. The number of nitrogens with one attached hydrogen (secondary N) is 1. The van der Waals surface area contributed by atoms with Crippen LogP contribution in [-0.2, 0) is 4.79 Å². The summed E-state index contributed by atoms with van der Waals surface area (Å²) in [5.41, 5.74) is 0. The van der Waals surface area contributed by atoms with Gasteiger partial charge >= 0.3 is 6.03 Å². The molecule has 5 nitrogen and oxygen atoms in total. The van der Waals surface area contributed by atoms with Gasteiger partial charge in [0.25, 0.3) is 5.91 Å². The van der Waals surface area contributed by atoms with Gasteiger partial charge in [0.15, 0.2) is 12.4 Å². The third kappa shape index (κ3) is 2.68. The van der Waals surface area contributed by atoms with Crippen molar-refractivity contribution in [1.29, 1.82) is 0 Å². The minimum atomic E-state index is -0.430. The van der Waals surface area contributed by atoms with E-state index in [0.717, 1.165) is 4.90 Å². The normalized spacial score (nSPS) is 14.6. The van der Waals surface area contributed by atoms with E-state index in [2.05, 4.69) is 5.32 Å². The smallest absolute Gasteiger partial charge is 0.324 e. The number of ether oxygens (including phenoxy) is 1. The Morgan fingerprint density at radius 1 is 1.39 bits per heavy atom. The molecular formula is C11H10Cl2N2O3. The Labute approximate surface area is 114 Å². The molecule has 0 unspecified atom stereocenters. The van der Waals surface area contributed by atoms with Gasteiger partial charge in [0.2, 0.25) is 0 Å². The van der Waals surface area contributed by atoms with Crippen LogP contribution in [0.15, 0.2) is 18.2 Å². The fourth-order valence-electron chi connectivity index (χ4n) is 1.54. The second kappa shape index (κ2) is 5.46. The topological polar surface area (TPSA) is 58.6 Å². The van der Waals surface area contributed by atoms with Crippen molar-refractivity contribution < 1.29 is 14.3 Å². The van der Waals surface area contributed by atoms with Gasteiger partial charge in [0, 0.05) is 13.1 Å². The molecule has 1 heterocycles. The average Bonchev–Trinajstić information content (AvgIpc) is 2.74. The number of benzene rings is 1. The van der Waals surface area contributed by atoms with Crippen LogP contribution in [0.3, 0.4) is 0 Å². The van der Waals surface area contributed by atoms with Crippen molar-refractivity contribution in [2.45, 2.75) is 0 Å². The van der Waals surface area contributed by atoms with Crippen molar-refractivity contribution in [1.82, 2.24) is 10.2 Å². The highest BCUT2D eigenvalue weighted by atomic mass is 35.5. The summed E-state index contributed by atoms with van der Waals surface area (Å²) in [6.45, 7) is 0.519. The minimum absolute atomic E-state index is 0.244. The van der Waals surface area contributed by atoms with Crippen LogP contribution in [0.1, 0.15) is 0 Å². The molecule has 7 heteroatoms. The van der Waals surface area contributed by atoms with Crippen molar-refractivity contribution in [2.24, 2.45) is 0 Å². The molecular weight excluding hydrogens is 279 g/mol. The molecule has 1 saturated heterocycles. The van der Waals surface area contributed by atoms with Gasteiger partial charge in [0.05, 0.1) is 10.0 Å². The van der Waals surface area contributed by atoms with E-state index in [1.165, 1.54) is 0 Å². The molecule has 0 aliphatic carbocycles. The van der Waals surface area contributed by atoms with Gasteiger partial charge in [0.1, 0.15) is 0 Å². The fourth-order valence-corrected chi connectivity index (χ4v) is 2.05. The summed E-state index contributed by atoms with van der Waals surface area (Å²) in [6.07, 6.45) is 0. The Balaban J connectivity index is 1.99. The summed E-state index contributed by atoms with van der Waals surface area (Å²) in [5.74, 6) is -0.185. The van der Waals surface area contributed by atoms with Crippen molar-refractivity contribution >= 4 is 35.1 Å². The van der Waals surface area contributed by atoms with E-state index in [4.69, 9.17) is 27.9 Å². The van der Waals surface area contributed by atoms with Crippen molar-refractivity contribution in [2.75, 3.05) is 19.7 Å². The largest absolute Gasteiger partial charge is 0.481 e. The molecule has 2 rings (SSSR count). The van der Waals surface area contributed by atoms with Crippen LogP contribution in [-0.4, -0.2) is 36.5 Å². The Morgan fingerprint density at radius 3 is 2.61 bits per heavy atom. The predicted molar refractivity (Wildman–Crippen MR) is 67.1 cm³/mol. The van der Waals surface area contributed by atoms with E-state index < -0.39 is 11.9 Å². The molecule has 0 spiro atoms. The van der Waals surface area contributed by atoms with E-state index in [0.29, 0.717) is 23.1 Å². The number of nitrogens with zero attached hydrogens (tertiary/aromatic N) is 1. The fraction of sp³-hybridized carbons (Fsp3) is 0.273. The van der Waals surface area contributed by atoms with Gasteiger partial charge in [-0.3, -0.25) is 9.69 Å². The lowest BCUT2D eigenvalue weighted by Gasteiger charge is -2.14. The summed E-state index contributed by atoms with van der Waals surface area (Å²) in [5, 5.41) is 3.17. The highest BCUT2D eigenvalue weighted by Crippen LogP contribution is 2.32. The second-order valence-corrected chi connectivity index (χ2v) is 4.43. The van der Waals surface area contributed by atoms with Crippen molar-refractivity contribution in [3.8, 4) is 5.75 Å². The quantitative estimate of drug-likeness (QED) is 0.925. The van der Waals surface area contributed by atoms with Crippen LogP contribution in [0.5, 0.6) is 5.75 Å². The molecule has 0 saturated carbocycles. The van der Waals surface area contributed by atoms with Crippen LogP contribution in [0.2, 0.25) is 10.0 Å². The first kappa shape index (κ1) is 13.0. The van der Waals surface area contributed by atoms with Crippen LogP contribution in [0, 0.1) is 0 Å². The molecule has 3 amide bonds. The van der Waals surface area contributed by atoms with E-state index in [1.807, 2.05) is 0 Å². The number of carbonyl (C=O) groups excluding carboxylic acids is 2. The van der Waals surface area contributed by atoms with Gasteiger partial charge in [-0.05, 0) is 12.1 Å². The Bertz CT molecular complexity index is 473. The second-order valence-electron chi connectivity index (χ2n) is 3.62. The molecule has 0 bridgehead atoms. The van der Waals surface area contributed by atoms with Crippen molar-refractivity contribution in [3.05, 3.63) is 28.2 Å². The number of para-hydroxylation sites is 1. The third-order valence-electron chi connectivity index (χ3n) is 2.42. The number of carbonyl (C=O) groups is 2. The molecule has 0 radical (unpaired) electrons. The molecule has 96 valence electrons. The lowest BCUT2D eigenvalue weighted by molar-refractivity contribution is -0.129. The number of amides is 3. The molecule has 1 aliphatic rings. The molecule has 1 fully saturated rings. The summed E-state index contributed by atoms with van der Waals surface area (Å²) < 4.78 is 5.26. The zero-order valence-electron chi connectivity index (χ0n) is 9.28. The molecule has 1 aromatic rings. The molecule has 0 aromatic heterocycles. The molecule has 1 N–H and O–H groups in total. The predicted octanol–water partition coefficient (Wildman–Crippen LogP) is 1.92. The number of urea groups is 1. The maximum Gasteiger partial charge on any atom is 0.324 e. The highest BCUT2D eigenvalue weighted by Gasteiger charge is 2.26. The maximum atomic E-state index is 11.7. The number of rotatable bonds is 3. The van der Waals surface area contributed by atoms with Crippen LogP contribution in [0.25, 0.3) is 0 Å². The number of hydrogen-bond acceptors (Lipinski definition) is 3. The van der Waals surface area contributed by atoms with E-state index in [9.17, 15) is 9.59 Å². The molecule has 1 aliphatic heterocycles. The SMILES string of the molecule is O=C(COc1c(Cl)cccc1Cl)N1CCNC1=O. The lowest BCUT2D eigenvalue weighted by Crippen LogP contribution is -2.37. The van der Waals surface area contributed by atoms with Gasteiger partial charge in [-0.1, -0.05) is 29.3 Å². The van der Waals surface area contributed by atoms with E-state index in [-0.39, 0.29) is 12.4 Å². The van der Waals surface area contributed by atoms with Gasteiger partial charge in [-0.2, -0.15) is 0 Å². The average molecular weight is 289 g/mol. The van der Waals surface area contributed by atoms with Gasteiger partial charge in [-0.15, -0.1) is 0 Å². The zero-order chi connectivity index (χ0) is 13.1. The number of imide groups is 1. The first-order valence-electron chi connectivity index (χ1n) is 5.24.